The number of nitrogens with zero attached hydrogens (tertiary/aromatic N) is 4. The summed E-state index contributed by atoms with van der Waals surface area (Å²) in [6, 6.07) is 1.91. The summed E-state index contributed by atoms with van der Waals surface area (Å²) in [5, 5.41) is 5.31. The number of hydrogen-bond acceptors (Lipinski definition) is 6. The third kappa shape index (κ3) is 2.52. The van der Waals surface area contributed by atoms with Crippen LogP contribution in [0.4, 0.5) is 5.82 Å². The highest BCUT2D eigenvalue weighted by atomic mass is 16.5. The fourth-order valence-corrected chi connectivity index (χ4v) is 2.91. The largest absolute Gasteiger partial charge is 0.480 e. The molecule has 0 saturated carbocycles. The standard InChI is InChI=1S/C15H21N5O2/c1-19-15(21)13-11(9-17-19)7-12(18-14(13)22-2)20-5-3-10(8-16)4-6-20/h7,9-10H,3-6,8,16H2,1-2H3. The molecule has 118 valence electrons. The SMILES string of the molecule is COc1nc(N2CCC(CN)CC2)cc2cnn(C)c(=O)c12. The minimum absolute atomic E-state index is 0.199. The zero-order valence-corrected chi connectivity index (χ0v) is 13.0. The zero-order chi connectivity index (χ0) is 15.7. The van der Waals surface area contributed by atoms with E-state index in [-0.39, 0.29) is 5.56 Å². The van der Waals surface area contributed by atoms with Crippen molar-refractivity contribution in [1.82, 2.24) is 14.8 Å². The molecule has 1 fully saturated rings. The van der Waals surface area contributed by atoms with Gasteiger partial charge in [0.1, 0.15) is 11.2 Å². The molecule has 0 spiro atoms. The van der Waals surface area contributed by atoms with Gasteiger partial charge in [0.25, 0.3) is 5.56 Å². The molecular weight excluding hydrogens is 282 g/mol. The lowest BCUT2D eigenvalue weighted by Crippen LogP contribution is -2.36. The van der Waals surface area contributed by atoms with Crippen molar-refractivity contribution >= 4 is 16.6 Å². The molecule has 0 aromatic carbocycles. The predicted octanol–water partition coefficient (Wildman–Crippen LogP) is 0.512. The molecule has 0 atom stereocenters. The summed E-state index contributed by atoms with van der Waals surface area (Å²) < 4.78 is 6.63. The third-order valence-corrected chi connectivity index (χ3v) is 4.35. The summed E-state index contributed by atoms with van der Waals surface area (Å²) >= 11 is 0. The number of aromatic nitrogens is 3. The average molecular weight is 303 g/mol. The Morgan fingerprint density at radius 3 is 2.77 bits per heavy atom. The smallest absolute Gasteiger partial charge is 0.279 e. The second-order valence-corrected chi connectivity index (χ2v) is 5.69. The molecule has 1 saturated heterocycles. The lowest BCUT2D eigenvalue weighted by atomic mass is 9.97. The summed E-state index contributed by atoms with van der Waals surface area (Å²) in [6.07, 6.45) is 3.80. The van der Waals surface area contributed by atoms with Crippen molar-refractivity contribution < 1.29 is 4.74 Å². The third-order valence-electron chi connectivity index (χ3n) is 4.35. The van der Waals surface area contributed by atoms with Crippen molar-refractivity contribution in [2.75, 3.05) is 31.6 Å². The number of fused-ring (bicyclic) bond motifs is 1. The van der Waals surface area contributed by atoms with E-state index in [0.717, 1.165) is 43.7 Å². The van der Waals surface area contributed by atoms with Gasteiger partial charge in [-0.1, -0.05) is 0 Å². The molecule has 2 aromatic heterocycles. The van der Waals surface area contributed by atoms with E-state index in [1.165, 1.54) is 11.8 Å². The van der Waals surface area contributed by atoms with E-state index in [1.54, 1.807) is 13.2 Å². The molecule has 3 heterocycles. The first-order valence-corrected chi connectivity index (χ1v) is 7.50. The Labute approximate surface area is 128 Å². The van der Waals surface area contributed by atoms with E-state index in [9.17, 15) is 4.79 Å². The van der Waals surface area contributed by atoms with Crippen molar-refractivity contribution in [3.8, 4) is 5.88 Å². The molecule has 2 aromatic rings. The van der Waals surface area contributed by atoms with Crippen LogP contribution in [0.5, 0.6) is 5.88 Å². The maximum atomic E-state index is 12.2. The lowest BCUT2D eigenvalue weighted by Gasteiger charge is -2.32. The zero-order valence-electron chi connectivity index (χ0n) is 13.0. The Hall–Kier alpha value is -2.15. The van der Waals surface area contributed by atoms with Crippen LogP contribution in [-0.4, -0.2) is 41.5 Å². The average Bonchev–Trinajstić information content (AvgIpc) is 2.57. The molecule has 1 aliphatic rings. The van der Waals surface area contributed by atoms with Gasteiger partial charge in [0.05, 0.1) is 13.3 Å². The monoisotopic (exact) mass is 303 g/mol. The van der Waals surface area contributed by atoms with Crippen LogP contribution in [0, 0.1) is 5.92 Å². The number of piperidine rings is 1. The highest BCUT2D eigenvalue weighted by Gasteiger charge is 2.21. The number of hydrogen-bond donors (Lipinski definition) is 1. The van der Waals surface area contributed by atoms with Crippen molar-refractivity contribution in [2.24, 2.45) is 18.7 Å². The molecule has 7 nitrogen and oxygen atoms in total. The lowest BCUT2D eigenvalue weighted by molar-refractivity contribution is 0.396. The minimum Gasteiger partial charge on any atom is -0.480 e. The van der Waals surface area contributed by atoms with Crippen LogP contribution in [-0.2, 0) is 7.05 Å². The van der Waals surface area contributed by atoms with Crippen LogP contribution in [0.3, 0.4) is 0 Å². The molecule has 0 aliphatic carbocycles. The fourth-order valence-electron chi connectivity index (χ4n) is 2.91. The van der Waals surface area contributed by atoms with Crippen molar-refractivity contribution in [3.05, 3.63) is 22.6 Å². The van der Waals surface area contributed by atoms with Gasteiger partial charge in [-0.25, -0.2) is 4.68 Å². The second-order valence-electron chi connectivity index (χ2n) is 5.69. The highest BCUT2D eigenvalue weighted by molar-refractivity contribution is 5.87. The normalized spacial score (nSPS) is 16.2. The molecule has 3 rings (SSSR count). The molecule has 7 heteroatoms. The Morgan fingerprint density at radius 1 is 1.41 bits per heavy atom. The Kier molecular flexibility index (Phi) is 3.98. The Balaban J connectivity index is 2.02. The fraction of sp³-hybridized carbons (Fsp3) is 0.533. The van der Waals surface area contributed by atoms with Crippen LogP contribution in [0.25, 0.3) is 10.8 Å². The summed E-state index contributed by atoms with van der Waals surface area (Å²) in [6.45, 7) is 2.58. The summed E-state index contributed by atoms with van der Waals surface area (Å²) in [5.41, 5.74) is 5.54. The topological polar surface area (TPSA) is 86.3 Å². The molecule has 2 N–H and O–H groups in total. The first-order chi connectivity index (χ1) is 10.6. The van der Waals surface area contributed by atoms with Crippen molar-refractivity contribution in [2.45, 2.75) is 12.8 Å². The molecule has 0 unspecified atom stereocenters. The van der Waals surface area contributed by atoms with Crippen LogP contribution < -0.4 is 20.9 Å². The van der Waals surface area contributed by atoms with Gasteiger partial charge in [-0.15, -0.1) is 0 Å². The van der Waals surface area contributed by atoms with Crippen molar-refractivity contribution in [3.63, 3.8) is 0 Å². The van der Waals surface area contributed by atoms with Gasteiger partial charge in [-0.05, 0) is 31.4 Å². The van der Waals surface area contributed by atoms with Crippen LogP contribution in [0.2, 0.25) is 0 Å². The first-order valence-electron chi connectivity index (χ1n) is 7.50. The minimum atomic E-state index is -0.199. The first kappa shape index (κ1) is 14.8. The summed E-state index contributed by atoms with van der Waals surface area (Å²) in [7, 11) is 3.15. The molecular formula is C15H21N5O2. The van der Waals surface area contributed by atoms with Gasteiger partial charge in [-0.2, -0.15) is 10.1 Å². The van der Waals surface area contributed by atoms with Crippen molar-refractivity contribution in [1.29, 1.82) is 0 Å². The maximum absolute atomic E-state index is 12.2. The highest BCUT2D eigenvalue weighted by Crippen LogP contribution is 2.27. The predicted molar refractivity (Wildman–Crippen MR) is 85.3 cm³/mol. The Bertz CT molecular complexity index is 735. The molecule has 22 heavy (non-hydrogen) atoms. The van der Waals surface area contributed by atoms with E-state index < -0.39 is 0 Å². The van der Waals surface area contributed by atoms with Gasteiger partial charge in [0.2, 0.25) is 5.88 Å². The van der Waals surface area contributed by atoms with Crippen LogP contribution in [0.15, 0.2) is 17.1 Å². The van der Waals surface area contributed by atoms with Gasteiger partial charge in [-0.3, -0.25) is 4.79 Å². The molecule has 0 amide bonds. The van der Waals surface area contributed by atoms with Gasteiger partial charge < -0.3 is 15.4 Å². The van der Waals surface area contributed by atoms with Crippen LogP contribution >= 0.6 is 0 Å². The molecule has 1 aliphatic heterocycles. The summed E-state index contributed by atoms with van der Waals surface area (Å²) in [5.74, 6) is 1.78. The molecule has 0 bridgehead atoms. The number of pyridine rings is 1. The van der Waals surface area contributed by atoms with Gasteiger partial charge in [0, 0.05) is 25.5 Å². The van der Waals surface area contributed by atoms with E-state index in [1.807, 2.05) is 6.07 Å². The molecule has 0 radical (unpaired) electrons. The summed E-state index contributed by atoms with van der Waals surface area (Å²) in [4.78, 5) is 19.0. The Morgan fingerprint density at radius 2 is 2.14 bits per heavy atom. The van der Waals surface area contributed by atoms with Gasteiger partial charge >= 0.3 is 0 Å². The van der Waals surface area contributed by atoms with E-state index in [4.69, 9.17) is 10.5 Å². The van der Waals surface area contributed by atoms with Gasteiger partial charge in [0.15, 0.2) is 0 Å². The maximum Gasteiger partial charge on any atom is 0.279 e. The number of methoxy groups -OCH3 is 1. The number of nitrogens with two attached hydrogens (primary N) is 1. The number of ether oxygens (including phenoxy) is 1. The number of aryl methyl sites for hydroxylation is 1. The van der Waals surface area contributed by atoms with E-state index >= 15 is 0 Å². The quantitative estimate of drug-likeness (QED) is 0.889. The van der Waals surface area contributed by atoms with E-state index in [2.05, 4.69) is 15.0 Å². The second kappa shape index (κ2) is 5.92. The van der Waals surface area contributed by atoms with E-state index in [0.29, 0.717) is 17.2 Å². The van der Waals surface area contributed by atoms with Crippen LogP contribution in [0.1, 0.15) is 12.8 Å². The number of anilines is 1. The number of rotatable bonds is 3.